The molecule has 0 amide bonds. The van der Waals surface area contributed by atoms with Crippen molar-refractivity contribution in [3.8, 4) is 0 Å². The Balaban J connectivity index is 1.44. The number of furan rings is 1. The van der Waals surface area contributed by atoms with E-state index in [9.17, 15) is 8.78 Å². The van der Waals surface area contributed by atoms with Gasteiger partial charge in [0.25, 0.3) is 0 Å². The number of rotatable bonds is 12. The highest BCUT2D eigenvalue weighted by molar-refractivity contribution is 5.89. The number of fused-ring (bicyclic) bond motifs is 1. The van der Waals surface area contributed by atoms with E-state index in [1.165, 1.54) is 44.6 Å². The number of hydrogen-bond donors (Lipinski definition) is 1. The van der Waals surface area contributed by atoms with E-state index in [1.54, 1.807) is 17.1 Å². The standard InChI is InChI=1S/C26H32F2N4O/c1-3-4-5-6-7-8-11-16-29-24-18-30-32(31-24)25-20-13-10-9-12-19(20)17-21(25)22-14-15-23(33-22)26(2,27)28/h9-10,12-15,17-18,25H,3-8,11,16H2,1-2H3,(H,29,31). The van der Waals surface area contributed by atoms with E-state index in [-0.39, 0.29) is 11.8 Å². The Morgan fingerprint density at radius 1 is 1.03 bits per heavy atom. The number of aromatic nitrogens is 3. The topological polar surface area (TPSA) is 55.9 Å². The van der Waals surface area contributed by atoms with Crippen LogP contribution in [0.4, 0.5) is 14.6 Å². The third-order valence-corrected chi connectivity index (χ3v) is 6.05. The molecule has 176 valence electrons. The molecule has 3 aromatic rings. The zero-order chi connectivity index (χ0) is 23.3. The highest BCUT2D eigenvalue weighted by atomic mass is 19.3. The lowest BCUT2D eigenvalue weighted by atomic mass is 10.0. The Morgan fingerprint density at radius 2 is 1.79 bits per heavy atom. The van der Waals surface area contributed by atoms with Gasteiger partial charge < -0.3 is 9.73 Å². The maximum Gasteiger partial charge on any atom is 0.301 e. The van der Waals surface area contributed by atoms with Crippen LogP contribution in [-0.4, -0.2) is 21.5 Å². The van der Waals surface area contributed by atoms with E-state index in [2.05, 4.69) is 22.4 Å². The minimum atomic E-state index is -3.03. The molecule has 0 fully saturated rings. The zero-order valence-electron chi connectivity index (χ0n) is 19.4. The van der Waals surface area contributed by atoms with Gasteiger partial charge in [-0.1, -0.05) is 69.7 Å². The van der Waals surface area contributed by atoms with Gasteiger partial charge in [-0.25, -0.2) is 0 Å². The first-order chi connectivity index (χ1) is 16.0. The van der Waals surface area contributed by atoms with Crippen LogP contribution in [0.15, 0.2) is 47.0 Å². The van der Waals surface area contributed by atoms with Gasteiger partial charge in [0, 0.05) is 19.0 Å². The van der Waals surface area contributed by atoms with Crippen molar-refractivity contribution in [1.82, 2.24) is 15.0 Å². The second-order valence-corrected chi connectivity index (χ2v) is 8.78. The second kappa shape index (κ2) is 10.3. The largest absolute Gasteiger partial charge is 0.455 e. The number of anilines is 1. The number of allylic oxidation sites excluding steroid dienone is 1. The summed E-state index contributed by atoms with van der Waals surface area (Å²) in [6.07, 6.45) is 12.5. The Hall–Kier alpha value is -2.96. The van der Waals surface area contributed by atoms with E-state index in [4.69, 9.17) is 4.42 Å². The molecule has 1 aliphatic carbocycles. The van der Waals surface area contributed by atoms with E-state index in [0.29, 0.717) is 11.6 Å². The molecule has 33 heavy (non-hydrogen) atoms. The number of nitrogens with one attached hydrogen (secondary N) is 1. The van der Waals surface area contributed by atoms with Gasteiger partial charge in [0.1, 0.15) is 11.8 Å². The van der Waals surface area contributed by atoms with Gasteiger partial charge in [-0.3, -0.25) is 0 Å². The molecule has 0 spiro atoms. The fourth-order valence-corrected chi connectivity index (χ4v) is 4.27. The molecule has 0 saturated heterocycles. The summed E-state index contributed by atoms with van der Waals surface area (Å²) in [5, 5.41) is 12.5. The van der Waals surface area contributed by atoms with Gasteiger partial charge in [0.2, 0.25) is 0 Å². The third-order valence-electron chi connectivity index (χ3n) is 6.05. The van der Waals surface area contributed by atoms with E-state index in [1.807, 2.05) is 30.3 Å². The van der Waals surface area contributed by atoms with Crippen LogP contribution < -0.4 is 5.32 Å². The summed E-state index contributed by atoms with van der Waals surface area (Å²) in [5.41, 5.74) is 2.79. The van der Waals surface area contributed by atoms with Crippen LogP contribution in [0.3, 0.4) is 0 Å². The molecule has 1 atom stereocenters. The van der Waals surface area contributed by atoms with E-state index >= 15 is 0 Å². The Labute approximate surface area is 193 Å². The van der Waals surface area contributed by atoms with Gasteiger partial charge in [-0.05, 0) is 35.8 Å². The first-order valence-electron chi connectivity index (χ1n) is 11.9. The zero-order valence-corrected chi connectivity index (χ0v) is 19.4. The molecule has 5 nitrogen and oxygen atoms in total. The number of halogens is 2. The number of unbranched alkanes of at least 4 members (excludes halogenated alkanes) is 6. The lowest BCUT2D eigenvalue weighted by Gasteiger charge is -2.15. The number of alkyl halides is 2. The Kier molecular flexibility index (Phi) is 7.26. The van der Waals surface area contributed by atoms with Crippen molar-refractivity contribution in [2.24, 2.45) is 0 Å². The maximum absolute atomic E-state index is 13.7. The summed E-state index contributed by atoms with van der Waals surface area (Å²) in [6, 6.07) is 10.5. The van der Waals surface area contributed by atoms with Crippen LogP contribution >= 0.6 is 0 Å². The molecule has 4 rings (SSSR count). The van der Waals surface area contributed by atoms with Crippen LogP contribution in [0.2, 0.25) is 0 Å². The molecule has 0 bridgehead atoms. The average Bonchev–Trinajstić information content (AvgIpc) is 3.52. The van der Waals surface area contributed by atoms with Crippen molar-refractivity contribution in [3.05, 3.63) is 65.2 Å². The van der Waals surface area contributed by atoms with Crippen LogP contribution in [0.5, 0.6) is 0 Å². The Bertz CT molecular complexity index is 1080. The number of nitrogens with zero attached hydrogens (tertiary/aromatic N) is 3. The van der Waals surface area contributed by atoms with Crippen molar-refractivity contribution < 1.29 is 13.2 Å². The Morgan fingerprint density at radius 3 is 2.55 bits per heavy atom. The van der Waals surface area contributed by atoms with Crippen molar-refractivity contribution in [2.75, 3.05) is 11.9 Å². The highest BCUT2D eigenvalue weighted by Gasteiger charge is 2.34. The normalized spacial score (nSPS) is 15.5. The molecule has 0 aliphatic heterocycles. The number of benzene rings is 1. The lowest BCUT2D eigenvalue weighted by Crippen LogP contribution is -2.14. The monoisotopic (exact) mass is 454 g/mol. The SMILES string of the molecule is CCCCCCCCCNc1cnn(C2C(c3ccc(C(C)(F)F)o3)=Cc3ccccc32)n1. The summed E-state index contributed by atoms with van der Waals surface area (Å²) in [5.74, 6) is -2.26. The minimum absolute atomic E-state index is 0.334. The fourth-order valence-electron chi connectivity index (χ4n) is 4.27. The summed E-state index contributed by atoms with van der Waals surface area (Å²) in [7, 11) is 0. The molecule has 1 N–H and O–H groups in total. The smallest absolute Gasteiger partial charge is 0.301 e. The number of hydrogen-bond acceptors (Lipinski definition) is 4. The molecule has 0 radical (unpaired) electrons. The van der Waals surface area contributed by atoms with Crippen molar-refractivity contribution in [2.45, 2.75) is 70.8 Å². The lowest BCUT2D eigenvalue weighted by molar-refractivity contribution is -0.00559. The second-order valence-electron chi connectivity index (χ2n) is 8.78. The van der Waals surface area contributed by atoms with Crippen LogP contribution in [0.25, 0.3) is 11.6 Å². The molecule has 1 unspecified atom stereocenters. The summed E-state index contributed by atoms with van der Waals surface area (Å²) >= 11 is 0. The van der Waals surface area contributed by atoms with Gasteiger partial charge in [-0.15, -0.1) is 5.10 Å². The molecule has 1 aliphatic rings. The minimum Gasteiger partial charge on any atom is -0.455 e. The molecule has 2 aromatic heterocycles. The molecule has 0 saturated carbocycles. The molecular weight excluding hydrogens is 422 g/mol. The van der Waals surface area contributed by atoms with Crippen molar-refractivity contribution >= 4 is 17.5 Å². The van der Waals surface area contributed by atoms with E-state index in [0.717, 1.165) is 36.6 Å². The summed E-state index contributed by atoms with van der Waals surface area (Å²) in [4.78, 5) is 1.64. The predicted octanol–water partition coefficient (Wildman–Crippen LogP) is 7.29. The van der Waals surface area contributed by atoms with Gasteiger partial charge in [0.15, 0.2) is 11.6 Å². The fraction of sp³-hybridized carbons (Fsp3) is 0.462. The van der Waals surface area contributed by atoms with Crippen molar-refractivity contribution in [1.29, 1.82) is 0 Å². The first-order valence-corrected chi connectivity index (χ1v) is 11.9. The van der Waals surface area contributed by atoms with Crippen molar-refractivity contribution in [3.63, 3.8) is 0 Å². The average molecular weight is 455 g/mol. The quantitative estimate of drug-likeness (QED) is 0.292. The molecule has 7 heteroatoms. The van der Waals surface area contributed by atoms with Gasteiger partial charge in [-0.2, -0.15) is 18.7 Å². The molecular formula is C26H32F2N4O. The van der Waals surface area contributed by atoms with Crippen LogP contribution in [0, 0.1) is 0 Å². The van der Waals surface area contributed by atoms with Crippen LogP contribution in [0.1, 0.15) is 87.5 Å². The van der Waals surface area contributed by atoms with E-state index < -0.39 is 5.92 Å². The highest BCUT2D eigenvalue weighted by Crippen LogP contribution is 2.43. The van der Waals surface area contributed by atoms with Gasteiger partial charge in [0.05, 0.1) is 6.20 Å². The summed E-state index contributed by atoms with van der Waals surface area (Å²) in [6.45, 7) is 3.92. The third kappa shape index (κ3) is 5.52. The first kappa shape index (κ1) is 23.2. The molecule has 1 aromatic carbocycles. The van der Waals surface area contributed by atoms with Crippen LogP contribution in [-0.2, 0) is 5.92 Å². The summed E-state index contributed by atoms with van der Waals surface area (Å²) < 4.78 is 33.0. The van der Waals surface area contributed by atoms with Gasteiger partial charge >= 0.3 is 5.92 Å². The predicted molar refractivity (Wildman–Crippen MR) is 127 cm³/mol. The molecule has 2 heterocycles. The maximum atomic E-state index is 13.7.